The Morgan fingerprint density at radius 2 is 1.64 bits per heavy atom. The first-order valence-corrected chi connectivity index (χ1v) is 4.76. The van der Waals surface area contributed by atoms with Crippen LogP contribution in [0.3, 0.4) is 0 Å². The molecule has 1 aliphatic carbocycles. The van der Waals surface area contributed by atoms with E-state index >= 15 is 0 Å². The number of Topliss-reactive ketones (excluding diaryl/α,β-unsaturated/α-hetero) is 2. The van der Waals surface area contributed by atoms with Gasteiger partial charge < -0.3 is 0 Å². The maximum Gasteiger partial charge on any atom is 0.171 e. The van der Waals surface area contributed by atoms with Gasteiger partial charge in [-0.3, -0.25) is 9.59 Å². The van der Waals surface area contributed by atoms with Crippen molar-refractivity contribution in [1.29, 1.82) is 0 Å². The van der Waals surface area contributed by atoms with E-state index in [4.69, 9.17) is 0 Å². The lowest BCUT2D eigenvalue weighted by Crippen LogP contribution is -1.95. The Balaban J connectivity index is 0.000000791. The summed E-state index contributed by atoms with van der Waals surface area (Å²) < 4.78 is 0. The van der Waals surface area contributed by atoms with Gasteiger partial charge in [0, 0.05) is 11.1 Å². The second kappa shape index (κ2) is 6.08. The number of allylic oxidation sites excluding steroid dienone is 5. The largest absolute Gasteiger partial charge is 0.294 e. The summed E-state index contributed by atoms with van der Waals surface area (Å²) >= 11 is 0. The molecular weight excluding hydrogens is 176 g/mol. The van der Waals surface area contributed by atoms with Crippen LogP contribution in [0, 0.1) is 0 Å². The summed E-state index contributed by atoms with van der Waals surface area (Å²) in [5, 5.41) is 0. The Kier molecular flexibility index (Phi) is 5.46. The van der Waals surface area contributed by atoms with Gasteiger partial charge in [0.1, 0.15) is 0 Å². The van der Waals surface area contributed by atoms with Crippen LogP contribution in [-0.2, 0) is 9.59 Å². The van der Waals surface area contributed by atoms with Crippen LogP contribution in [0.1, 0.15) is 27.2 Å². The Morgan fingerprint density at radius 1 is 1.14 bits per heavy atom. The molecule has 0 amide bonds. The Labute approximate surface area is 85.0 Å². The number of hydrogen-bond donors (Lipinski definition) is 0. The minimum atomic E-state index is -0.122. The Bertz CT molecular complexity index is 306. The molecule has 76 valence electrons. The average molecular weight is 192 g/mol. The minimum absolute atomic E-state index is 0.00102. The zero-order valence-corrected chi connectivity index (χ0v) is 8.96. The van der Waals surface area contributed by atoms with E-state index in [1.807, 2.05) is 20.8 Å². The summed E-state index contributed by atoms with van der Waals surface area (Å²) in [5.41, 5.74) is 0.954. The van der Waals surface area contributed by atoms with Gasteiger partial charge >= 0.3 is 0 Å². The first-order chi connectivity index (χ1) is 6.70. The van der Waals surface area contributed by atoms with E-state index in [1.54, 1.807) is 12.2 Å². The predicted molar refractivity (Wildman–Crippen MR) is 58.0 cm³/mol. The minimum Gasteiger partial charge on any atom is -0.294 e. The molecule has 0 aromatic rings. The molecule has 0 aliphatic heterocycles. The molecule has 0 unspecified atom stereocenters. The van der Waals surface area contributed by atoms with Crippen LogP contribution in [0.25, 0.3) is 0 Å². The first kappa shape index (κ1) is 12.6. The van der Waals surface area contributed by atoms with Gasteiger partial charge in [-0.15, -0.1) is 0 Å². The molecule has 1 aliphatic rings. The van der Waals surface area contributed by atoms with Crippen molar-refractivity contribution in [2.45, 2.75) is 27.2 Å². The van der Waals surface area contributed by atoms with Crippen molar-refractivity contribution in [1.82, 2.24) is 0 Å². The topological polar surface area (TPSA) is 34.1 Å². The third-order valence-electron chi connectivity index (χ3n) is 1.75. The lowest BCUT2D eigenvalue weighted by molar-refractivity contribution is -0.120. The van der Waals surface area contributed by atoms with Gasteiger partial charge in [-0.05, 0) is 6.92 Å². The molecule has 0 bridgehead atoms. The molecule has 0 aromatic carbocycles. The van der Waals surface area contributed by atoms with Crippen molar-refractivity contribution < 1.29 is 9.59 Å². The fourth-order valence-corrected chi connectivity index (χ4v) is 1.21. The summed E-state index contributed by atoms with van der Waals surface area (Å²) in [7, 11) is 0. The number of carbonyl (C=O) groups is 2. The van der Waals surface area contributed by atoms with E-state index in [1.165, 1.54) is 6.08 Å². The van der Waals surface area contributed by atoms with E-state index < -0.39 is 0 Å². The number of hydrogen-bond acceptors (Lipinski definition) is 2. The molecule has 0 aromatic heterocycles. The molecule has 1 rings (SSSR count). The van der Waals surface area contributed by atoms with Crippen LogP contribution in [0.2, 0.25) is 0 Å². The van der Waals surface area contributed by atoms with Crippen molar-refractivity contribution >= 4 is 11.6 Å². The highest BCUT2D eigenvalue weighted by Crippen LogP contribution is 2.21. The molecule has 0 saturated carbocycles. The van der Waals surface area contributed by atoms with Gasteiger partial charge in [0.2, 0.25) is 0 Å². The maximum absolute atomic E-state index is 11.2. The van der Waals surface area contributed by atoms with E-state index in [0.29, 0.717) is 11.1 Å². The standard InChI is InChI=1S/C10H10O2.C2H6/c1-3-5-8-7(4-2)9(11)6-10(8)12;1-2/h3-5H,2,6H2,1H3;1-2H3/b5-3-;. The van der Waals surface area contributed by atoms with Crippen molar-refractivity contribution in [3.63, 3.8) is 0 Å². The fraction of sp³-hybridized carbons (Fsp3) is 0.333. The zero-order chi connectivity index (χ0) is 11.1. The lowest BCUT2D eigenvalue weighted by atomic mass is 10.1. The van der Waals surface area contributed by atoms with Gasteiger partial charge in [0.05, 0.1) is 6.42 Å². The molecular formula is C12H16O2. The number of ketones is 2. The monoisotopic (exact) mass is 192 g/mol. The summed E-state index contributed by atoms with van der Waals surface area (Å²) in [4.78, 5) is 22.3. The van der Waals surface area contributed by atoms with E-state index in [-0.39, 0.29) is 18.0 Å². The quantitative estimate of drug-likeness (QED) is 0.630. The Hall–Kier alpha value is -1.44. The third kappa shape index (κ3) is 2.52. The number of rotatable bonds is 2. The maximum atomic E-state index is 11.2. The average Bonchev–Trinajstić information content (AvgIpc) is 2.45. The molecule has 0 N–H and O–H groups in total. The third-order valence-corrected chi connectivity index (χ3v) is 1.75. The molecule has 2 heteroatoms. The highest BCUT2D eigenvalue weighted by molar-refractivity contribution is 6.24. The van der Waals surface area contributed by atoms with E-state index in [9.17, 15) is 9.59 Å². The van der Waals surface area contributed by atoms with Crippen LogP contribution in [0.4, 0.5) is 0 Å². The fourth-order valence-electron chi connectivity index (χ4n) is 1.21. The first-order valence-electron chi connectivity index (χ1n) is 4.76. The van der Waals surface area contributed by atoms with E-state index in [2.05, 4.69) is 6.58 Å². The highest BCUT2D eigenvalue weighted by Gasteiger charge is 2.26. The smallest absolute Gasteiger partial charge is 0.171 e. The molecule has 0 saturated heterocycles. The molecule has 0 radical (unpaired) electrons. The van der Waals surface area contributed by atoms with Gasteiger partial charge in [0.25, 0.3) is 0 Å². The second-order valence-electron chi connectivity index (χ2n) is 2.55. The van der Waals surface area contributed by atoms with Crippen LogP contribution >= 0.6 is 0 Å². The molecule has 0 atom stereocenters. The summed E-state index contributed by atoms with van der Waals surface area (Å²) in [6, 6.07) is 0. The molecule has 0 fully saturated rings. The van der Waals surface area contributed by atoms with Crippen LogP contribution in [-0.4, -0.2) is 11.6 Å². The van der Waals surface area contributed by atoms with Gasteiger partial charge in [0.15, 0.2) is 11.6 Å². The Morgan fingerprint density at radius 3 is 2.07 bits per heavy atom. The summed E-state index contributed by atoms with van der Waals surface area (Å²) in [5.74, 6) is -0.226. The van der Waals surface area contributed by atoms with Crippen molar-refractivity contribution in [2.75, 3.05) is 0 Å². The van der Waals surface area contributed by atoms with Crippen molar-refractivity contribution in [3.8, 4) is 0 Å². The van der Waals surface area contributed by atoms with Gasteiger partial charge in [-0.1, -0.05) is 38.7 Å². The van der Waals surface area contributed by atoms with Crippen LogP contribution < -0.4 is 0 Å². The van der Waals surface area contributed by atoms with Gasteiger partial charge in [-0.25, -0.2) is 0 Å². The SMILES string of the molecule is C=CC1=C(/C=C\C)C(=O)CC1=O.CC. The van der Waals surface area contributed by atoms with Crippen LogP contribution in [0.15, 0.2) is 36.0 Å². The van der Waals surface area contributed by atoms with Crippen LogP contribution in [0.5, 0.6) is 0 Å². The van der Waals surface area contributed by atoms with Gasteiger partial charge in [-0.2, -0.15) is 0 Å². The molecule has 2 nitrogen and oxygen atoms in total. The molecule has 0 spiro atoms. The lowest BCUT2D eigenvalue weighted by Gasteiger charge is -1.90. The molecule has 14 heavy (non-hydrogen) atoms. The molecule has 0 heterocycles. The summed E-state index contributed by atoms with van der Waals surface area (Å²) in [6.45, 7) is 9.30. The van der Waals surface area contributed by atoms with Crippen molar-refractivity contribution in [2.24, 2.45) is 0 Å². The predicted octanol–water partition coefficient (Wildman–Crippen LogP) is 2.61. The number of carbonyl (C=O) groups excluding carboxylic acids is 2. The van der Waals surface area contributed by atoms with Crippen molar-refractivity contribution in [3.05, 3.63) is 36.0 Å². The second-order valence-corrected chi connectivity index (χ2v) is 2.55. The van der Waals surface area contributed by atoms with E-state index in [0.717, 1.165) is 0 Å². The normalized spacial score (nSPS) is 15.9. The zero-order valence-electron chi connectivity index (χ0n) is 8.96. The highest BCUT2D eigenvalue weighted by atomic mass is 16.2. The summed E-state index contributed by atoms with van der Waals surface area (Å²) in [6.07, 6.45) is 4.85.